The van der Waals surface area contributed by atoms with Gasteiger partial charge in [0.15, 0.2) is 0 Å². The molecule has 15 rings (SSSR count). The van der Waals surface area contributed by atoms with E-state index in [-0.39, 0.29) is 0 Å². The molecule has 0 amide bonds. The average Bonchev–Trinajstić information content (AvgIpc) is 2.78. The number of rotatable bonds is 11. The van der Waals surface area contributed by atoms with E-state index in [0.29, 0.717) is 0 Å². The first kappa shape index (κ1) is 58.5. The van der Waals surface area contributed by atoms with Gasteiger partial charge in [0.25, 0.3) is 0 Å². The lowest BCUT2D eigenvalue weighted by Gasteiger charge is -2.18. The third-order valence-electron chi connectivity index (χ3n) is 17.2. The summed E-state index contributed by atoms with van der Waals surface area (Å²) in [5.41, 5.74) is 31.6. The second kappa shape index (κ2) is 26.8. The van der Waals surface area contributed by atoms with Crippen LogP contribution in [0.1, 0.15) is 0 Å². The van der Waals surface area contributed by atoms with Gasteiger partial charge in [-0.05, 0) is 164 Å². The minimum Gasteiger partial charge on any atom is -0.398 e. The number of benzene rings is 15. The van der Waals surface area contributed by atoms with E-state index in [1.54, 1.807) is 0 Å². The first-order valence-corrected chi connectivity index (χ1v) is 31.1. The van der Waals surface area contributed by atoms with E-state index in [4.69, 9.17) is 5.73 Å². The smallest absolute Gasteiger partial charge is 0.0440 e. The fourth-order valence-electron chi connectivity index (χ4n) is 12.4. The molecule has 91 heavy (non-hydrogen) atoms. The molecule has 0 unspecified atom stereocenters. The molecule has 0 spiro atoms. The van der Waals surface area contributed by atoms with Crippen molar-refractivity contribution >= 4 is 49.4 Å². The third-order valence-corrected chi connectivity index (χ3v) is 17.2. The molecular formula is C88H71N3. The van der Waals surface area contributed by atoms with Gasteiger partial charge in [-0.1, -0.05) is 303 Å². The lowest BCUT2D eigenvalue weighted by molar-refractivity contribution is 1.13. The van der Waals surface area contributed by atoms with Crippen molar-refractivity contribution in [3.05, 3.63) is 346 Å². The molecule has 0 bridgehead atoms. The molecule has 0 radical (unpaired) electrons. The molecule has 0 saturated heterocycles. The fourth-order valence-corrected chi connectivity index (χ4v) is 12.4. The maximum Gasteiger partial charge on any atom is 0.0440 e. The maximum atomic E-state index is 6.18. The second-order valence-corrected chi connectivity index (χ2v) is 23.5. The Kier molecular flexibility index (Phi) is 17.3. The number of hydrogen-bond donors (Lipinski definition) is 1. The van der Waals surface area contributed by atoms with Gasteiger partial charge in [-0.3, -0.25) is 0 Å². The summed E-state index contributed by atoms with van der Waals surface area (Å²) in [6.45, 7) is 0. The van der Waals surface area contributed by atoms with Gasteiger partial charge in [0, 0.05) is 56.4 Å². The number of para-hydroxylation sites is 2. The Labute approximate surface area is 535 Å². The third kappa shape index (κ3) is 13.1. The molecule has 0 atom stereocenters. The van der Waals surface area contributed by atoms with Crippen molar-refractivity contribution < 1.29 is 0 Å². The highest BCUT2D eigenvalue weighted by Gasteiger charge is 2.13. The van der Waals surface area contributed by atoms with Gasteiger partial charge < -0.3 is 15.5 Å². The molecule has 3 heteroatoms. The van der Waals surface area contributed by atoms with Crippen molar-refractivity contribution in [2.24, 2.45) is 0 Å². The zero-order valence-electron chi connectivity index (χ0n) is 51.9. The molecule has 0 aliphatic carbocycles. The molecular weight excluding hydrogens is 1100 g/mol. The molecule has 0 heterocycles. The van der Waals surface area contributed by atoms with Gasteiger partial charge in [-0.15, -0.1) is 0 Å². The monoisotopic (exact) mass is 1170 g/mol. The highest BCUT2D eigenvalue weighted by atomic mass is 15.1. The Morgan fingerprint density at radius 3 is 0.912 bits per heavy atom. The van der Waals surface area contributed by atoms with E-state index in [1.165, 1.54) is 133 Å². The molecule has 0 fully saturated rings. The molecule has 3 nitrogen and oxygen atoms in total. The average molecular weight is 1170 g/mol. The summed E-state index contributed by atoms with van der Waals surface area (Å²) >= 11 is 0. The molecule has 15 aromatic carbocycles. The first-order valence-electron chi connectivity index (χ1n) is 31.1. The summed E-state index contributed by atoms with van der Waals surface area (Å²) in [5.74, 6) is 0. The van der Waals surface area contributed by atoms with Crippen molar-refractivity contribution in [3.63, 3.8) is 0 Å². The highest BCUT2D eigenvalue weighted by molar-refractivity contribution is 6.02. The van der Waals surface area contributed by atoms with Gasteiger partial charge in [0.1, 0.15) is 0 Å². The molecule has 15 aromatic rings. The Bertz CT molecular complexity index is 4960. The van der Waals surface area contributed by atoms with Gasteiger partial charge in [0.2, 0.25) is 0 Å². The molecule has 0 saturated carbocycles. The normalized spacial score (nSPS) is 10.9. The summed E-state index contributed by atoms with van der Waals surface area (Å²) in [6, 6.07) is 123. The van der Waals surface area contributed by atoms with Gasteiger partial charge in [-0.2, -0.15) is 0 Å². The lowest BCUT2D eigenvalue weighted by Crippen LogP contribution is -2.09. The number of fused-ring (bicyclic) bond motifs is 3. The minimum absolute atomic E-state index is 0.805. The maximum absolute atomic E-state index is 6.18. The minimum atomic E-state index is 0.805. The van der Waals surface area contributed by atoms with Crippen LogP contribution in [0.15, 0.2) is 346 Å². The summed E-state index contributed by atoms with van der Waals surface area (Å²) in [6.07, 6.45) is 0. The second-order valence-electron chi connectivity index (χ2n) is 23.5. The summed E-state index contributed by atoms with van der Waals surface area (Å²) in [5, 5.41) is 7.55. The van der Waals surface area contributed by atoms with Crippen LogP contribution >= 0.6 is 0 Å². The quantitative estimate of drug-likeness (QED) is 0.131. The van der Waals surface area contributed by atoms with Crippen LogP contribution in [0.4, 0.5) is 17.1 Å². The lowest BCUT2D eigenvalue weighted by atomic mass is 9.93. The van der Waals surface area contributed by atoms with Crippen molar-refractivity contribution in [1.29, 1.82) is 0 Å². The first-order chi connectivity index (χ1) is 44.7. The standard InChI is InChI=1S/2C30H25N.C28H21N/c1-31(2)28-12-6-10-25(21-28)26-18-19-30-27(20-26)11-7-13-29(30)24-16-14-23(15-17-24)22-8-4-3-5-9-22;1-31(2)30-14-7-6-12-29(30)26-19-20-28-25(21-26)11-8-13-27(28)24-17-15-23(16-18-24)22-9-4-3-5-10-22;29-28-12-5-4-10-27(28)24-17-18-26-23(19-24)9-6-11-25(26)22-15-13-21(14-16-22)20-7-2-1-3-8-20/h2*3-21H,1-2H3;1-19H,29H2. The molecule has 2 N–H and O–H groups in total. The largest absolute Gasteiger partial charge is 0.398 e. The van der Waals surface area contributed by atoms with Gasteiger partial charge >= 0.3 is 0 Å². The van der Waals surface area contributed by atoms with Crippen LogP contribution < -0.4 is 15.5 Å². The SMILES string of the molecule is CN(C)c1cccc(-c2ccc3c(-c4ccc(-c5ccccc5)cc4)cccc3c2)c1.CN(C)c1ccccc1-c1ccc2c(-c3ccc(-c4ccccc4)cc3)cccc2c1.Nc1ccccc1-c1ccc2c(-c3ccc(-c4ccccc4)cc3)cccc2c1. The van der Waals surface area contributed by atoms with Crippen LogP contribution in [0, 0.1) is 0 Å². The Hall–Kier alpha value is -11.5. The number of nitrogens with two attached hydrogens (primary N) is 1. The van der Waals surface area contributed by atoms with Crippen LogP contribution in [0.2, 0.25) is 0 Å². The molecule has 0 aliphatic rings. The predicted molar refractivity (Wildman–Crippen MR) is 394 cm³/mol. The van der Waals surface area contributed by atoms with Gasteiger partial charge in [0.05, 0.1) is 0 Å². The van der Waals surface area contributed by atoms with E-state index < -0.39 is 0 Å². The van der Waals surface area contributed by atoms with Crippen LogP contribution in [0.25, 0.3) is 132 Å². The zero-order valence-corrected chi connectivity index (χ0v) is 51.9. The van der Waals surface area contributed by atoms with E-state index in [1.807, 2.05) is 24.3 Å². The Morgan fingerprint density at radius 1 is 0.198 bits per heavy atom. The van der Waals surface area contributed by atoms with Gasteiger partial charge in [-0.25, -0.2) is 0 Å². The highest BCUT2D eigenvalue weighted by Crippen LogP contribution is 2.39. The van der Waals surface area contributed by atoms with Crippen molar-refractivity contribution in [1.82, 2.24) is 0 Å². The van der Waals surface area contributed by atoms with E-state index in [0.717, 1.165) is 16.8 Å². The number of hydrogen-bond acceptors (Lipinski definition) is 3. The molecule has 0 aromatic heterocycles. The number of nitrogen functional groups attached to an aromatic ring is 1. The fraction of sp³-hybridized carbons (Fsp3) is 0.0455. The summed E-state index contributed by atoms with van der Waals surface area (Å²) in [4.78, 5) is 4.31. The number of nitrogens with zero attached hydrogens (tertiary/aromatic N) is 2. The Morgan fingerprint density at radius 2 is 0.495 bits per heavy atom. The van der Waals surface area contributed by atoms with Crippen molar-refractivity contribution in [2.75, 3.05) is 43.7 Å². The van der Waals surface area contributed by atoms with E-state index in [9.17, 15) is 0 Å². The predicted octanol–water partition coefficient (Wildman–Crippen LogP) is 23.2. The van der Waals surface area contributed by atoms with Crippen LogP contribution in [0.5, 0.6) is 0 Å². The molecule has 438 valence electrons. The van der Waals surface area contributed by atoms with Crippen LogP contribution in [-0.2, 0) is 0 Å². The molecule has 0 aliphatic heterocycles. The van der Waals surface area contributed by atoms with Crippen LogP contribution in [0.3, 0.4) is 0 Å². The van der Waals surface area contributed by atoms with Crippen molar-refractivity contribution in [3.8, 4) is 100 Å². The van der Waals surface area contributed by atoms with Crippen LogP contribution in [-0.4, -0.2) is 28.2 Å². The Balaban J connectivity index is 0.000000125. The van der Waals surface area contributed by atoms with E-state index in [2.05, 4.69) is 360 Å². The van der Waals surface area contributed by atoms with Crippen molar-refractivity contribution in [2.45, 2.75) is 0 Å². The zero-order chi connectivity index (χ0) is 62.0. The van der Waals surface area contributed by atoms with E-state index >= 15 is 0 Å². The number of anilines is 3. The summed E-state index contributed by atoms with van der Waals surface area (Å²) < 4.78 is 0. The topological polar surface area (TPSA) is 32.5 Å². The summed E-state index contributed by atoms with van der Waals surface area (Å²) in [7, 11) is 8.35.